The summed E-state index contributed by atoms with van der Waals surface area (Å²) in [5.74, 6) is 0.702. The molecule has 0 aliphatic rings. The lowest BCUT2D eigenvalue weighted by Gasteiger charge is -2.11. The first-order valence-corrected chi connectivity index (χ1v) is 6.65. The van der Waals surface area contributed by atoms with Crippen molar-refractivity contribution in [1.29, 1.82) is 0 Å². The van der Waals surface area contributed by atoms with Crippen molar-refractivity contribution in [1.82, 2.24) is 5.32 Å². The molecule has 0 amide bonds. The van der Waals surface area contributed by atoms with Gasteiger partial charge >= 0.3 is 0 Å². The van der Waals surface area contributed by atoms with Gasteiger partial charge in [-0.05, 0) is 36.8 Å². The Morgan fingerprint density at radius 3 is 2.28 bits per heavy atom. The third-order valence-corrected chi connectivity index (χ3v) is 2.84. The van der Waals surface area contributed by atoms with Gasteiger partial charge in [0.15, 0.2) is 0 Å². The number of hydrogen-bond acceptors (Lipinski definition) is 1. The van der Waals surface area contributed by atoms with Crippen LogP contribution in [0.25, 0.3) is 5.70 Å². The fourth-order valence-electron chi connectivity index (χ4n) is 1.84. The Balaban J connectivity index is 2.51. The summed E-state index contributed by atoms with van der Waals surface area (Å²) in [4.78, 5) is 0. The zero-order valence-electron chi connectivity index (χ0n) is 11.9. The number of hydrogen-bond donors (Lipinski definition) is 1. The summed E-state index contributed by atoms with van der Waals surface area (Å²) in [5.41, 5.74) is 4.75. The van der Waals surface area contributed by atoms with Gasteiger partial charge in [0.25, 0.3) is 0 Å². The summed E-state index contributed by atoms with van der Waals surface area (Å²) < 4.78 is 0. The lowest BCUT2D eigenvalue weighted by molar-refractivity contribution is 0.647. The van der Waals surface area contributed by atoms with E-state index in [-0.39, 0.29) is 0 Å². The molecule has 0 spiro atoms. The molecule has 18 heavy (non-hydrogen) atoms. The van der Waals surface area contributed by atoms with E-state index in [0.717, 1.165) is 25.1 Å². The Morgan fingerprint density at radius 1 is 1.17 bits per heavy atom. The van der Waals surface area contributed by atoms with Gasteiger partial charge in [-0.15, -0.1) is 6.58 Å². The lowest BCUT2D eigenvalue weighted by Crippen LogP contribution is -2.13. The topological polar surface area (TPSA) is 12.0 Å². The quantitative estimate of drug-likeness (QED) is 0.699. The van der Waals surface area contributed by atoms with Gasteiger partial charge in [-0.3, -0.25) is 0 Å². The van der Waals surface area contributed by atoms with Crippen molar-refractivity contribution in [2.24, 2.45) is 5.92 Å². The molecular weight excluding hydrogens is 218 g/mol. The molecule has 0 fully saturated rings. The molecule has 0 aliphatic heterocycles. The Kier molecular flexibility index (Phi) is 5.70. The van der Waals surface area contributed by atoms with Gasteiger partial charge in [0.1, 0.15) is 0 Å². The number of benzene rings is 1. The molecule has 0 unspecified atom stereocenters. The van der Waals surface area contributed by atoms with E-state index in [9.17, 15) is 0 Å². The van der Waals surface area contributed by atoms with Gasteiger partial charge < -0.3 is 5.32 Å². The maximum absolute atomic E-state index is 4.07. The van der Waals surface area contributed by atoms with E-state index in [2.05, 4.69) is 56.6 Å². The first-order valence-electron chi connectivity index (χ1n) is 6.65. The van der Waals surface area contributed by atoms with Gasteiger partial charge in [0.05, 0.1) is 0 Å². The van der Waals surface area contributed by atoms with E-state index in [1.165, 1.54) is 16.7 Å². The molecule has 98 valence electrons. The zero-order valence-corrected chi connectivity index (χ0v) is 11.9. The fourth-order valence-corrected chi connectivity index (χ4v) is 1.84. The highest BCUT2D eigenvalue weighted by atomic mass is 14.9. The highest BCUT2D eigenvalue weighted by Crippen LogP contribution is 2.14. The van der Waals surface area contributed by atoms with Gasteiger partial charge in [0, 0.05) is 12.2 Å². The Morgan fingerprint density at radius 2 is 1.78 bits per heavy atom. The van der Waals surface area contributed by atoms with Crippen molar-refractivity contribution >= 4 is 5.70 Å². The van der Waals surface area contributed by atoms with Crippen LogP contribution in [0.5, 0.6) is 0 Å². The summed E-state index contributed by atoms with van der Waals surface area (Å²) in [7, 11) is 0. The van der Waals surface area contributed by atoms with Crippen molar-refractivity contribution in [3.05, 3.63) is 54.1 Å². The highest BCUT2D eigenvalue weighted by Gasteiger charge is 2.00. The molecule has 0 heterocycles. The van der Waals surface area contributed by atoms with Crippen LogP contribution in [0.4, 0.5) is 0 Å². The number of rotatable bonds is 7. The second kappa shape index (κ2) is 7.05. The average Bonchev–Trinajstić information content (AvgIpc) is 2.28. The van der Waals surface area contributed by atoms with E-state index in [4.69, 9.17) is 0 Å². The molecule has 1 N–H and O–H groups in total. The van der Waals surface area contributed by atoms with Crippen molar-refractivity contribution in [3.63, 3.8) is 0 Å². The molecule has 1 nitrogen and oxygen atoms in total. The van der Waals surface area contributed by atoms with Crippen molar-refractivity contribution in [3.8, 4) is 0 Å². The van der Waals surface area contributed by atoms with E-state index >= 15 is 0 Å². The summed E-state index contributed by atoms with van der Waals surface area (Å²) in [5, 5.41) is 3.34. The zero-order chi connectivity index (χ0) is 13.5. The molecule has 1 heteroatoms. The van der Waals surface area contributed by atoms with Crippen molar-refractivity contribution in [2.45, 2.75) is 33.6 Å². The van der Waals surface area contributed by atoms with Crippen LogP contribution in [-0.2, 0) is 6.42 Å². The van der Waals surface area contributed by atoms with Crippen LogP contribution in [0.1, 0.15) is 38.3 Å². The molecule has 1 aromatic rings. The molecule has 0 atom stereocenters. The predicted molar refractivity (Wildman–Crippen MR) is 81.5 cm³/mol. The lowest BCUT2D eigenvalue weighted by atomic mass is 10.0. The second-order valence-electron chi connectivity index (χ2n) is 5.41. The summed E-state index contributed by atoms with van der Waals surface area (Å²) in [6.45, 7) is 15.4. The molecule has 0 saturated heterocycles. The maximum atomic E-state index is 4.07. The normalized spacial score (nSPS) is 10.4. The van der Waals surface area contributed by atoms with Gasteiger partial charge in [-0.25, -0.2) is 0 Å². The minimum absolute atomic E-state index is 0.702. The van der Waals surface area contributed by atoms with Gasteiger partial charge in [0.2, 0.25) is 0 Å². The molecular formula is C17H25N. The molecule has 0 aliphatic carbocycles. The van der Waals surface area contributed by atoms with Crippen molar-refractivity contribution in [2.75, 3.05) is 6.54 Å². The van der Waals surface area contributed by atoms with Crippen LogP contribution in [0.2, 0.25) is 0 Å². The molecule has 1 aromatic carbocycles. The summed E-state index contributed by atoms with van der Waals surface area (Å²) in [6.07, 6.45) is 2.13. The van der Waals surface area contributed by atoms with Crippen LogP contribution in [-0.4, -0.2) is 6.54 Å². The minimum Gasteiger partial charge on any atom is -0.385 e. The third kappa shape index (κ3) is 5.22. The average molecular weight is 243 g/mol. The summed E-state index contributed by atoms with van der Waals surface area (Å²) >= 11 is 0. The van der Waals surface area contributed by atoms with E-state index < -0.39 is 0 Å². The standard InChI is InChI=1S/C17H25N/c1-13(2)10-11-18-15(5)17-8-6-16(7-9-17)12-14(3)4/h6-9,14,18H,1,5,10-12H2,2-4H3. The van der Waals surface area contributed by atoms with E-state index in [1.807, 2.05) is 6.92 Å². The van der Waals surface area contributed by atoms with Crippen LogP contribution >= 0.6 is 0 Å². The molecule has 0 bridgehead atoms. The Labute approximate surface area is 112 Å². The van der Waals surface area contributed by atoms with Gasteiger partial charge in [-0.2, -0.15) is 0 Å². The monoisotopic (exact) mass is 243 g/mol. The first kappa shape index (κ1) is 14.6. The Hall–Kier alpha value is -1.50. The highest BCUT2D eigenvalue weighted by molar-refractivity contribution is 5.61. The molecule has 1 rings (SSSR count). The first-order chi connectivity index (χ1) is 8.49. The van der Waals surface area contributed by atoms with Crippen LogP contribution in [0, 0.1) is 5.92 Å². The minimum atomic E-state index is 0.702. The van der Waals surface area contributed by atoms with Crippen LogP contribution < -0.4 is 5.32 Å². The second-order valence-corrected chi connectivity index (χ2v) is 5.41. The SMILES string of the molecule is C=C(C)CCNC(=C)c1ccc(CC(C)C)cc1. The van der Waals surface area contributed by atoms with E-state index in [1.54, 1.807) is 0 Å². The molecule has 0 radical (unpaired) electrons. The maximum Gasteiger partial charge on any atom is 0.0340 e. The predicted octanol–water partition coefficient (Wildman–Crippen LogP) is 4.41. The van der Waals surface area contributed by atoms with Crippen molar-refractivity contribution < 1.29 is 0 Å². The smallest absolute Gasteiger partial charge is 0.0340 e. The van der Waals surface area contributed by atoms with E-state index in [0.29, 0.717) is 5.92 Å². The molecule has 0 saturated carbocycles. The largest absolute Gasteiger partial charge is 0.385 e. The Bertz CT molecular complexity index is 398. The van der Waals surface area contributed by atoms with Crippen LogP contribution in [0.15, 0.2) is 43.0 Å². The third-order valence-electron chi connectivity index (χ3n) is 2.84. The van der Waals surface area contributed by atoms with Crippen LogP contribution in [0.3, 0.4) is 0 Å². The fraction of sp³-hybridized carbons (Fsp3) is 0.412. The number of nitrogens with one attached hydrogen (secondary N) is 1. The molecule has 0 aromatic heterocycles. The van der Waals surface area contributed by atoms with Gasteiger partial charge in [-0.1, -0.05) is 50.3 Å². The summed E-state index contributed by atoms with van der Waals surface area (Å²) in [6, 6.07) is 8.68.